The summed E-state index contributed by atoms with van der Waals surface area (Å²) in [5.74, 6) is -0.535. The number of hydrogen-bond acceptors (Lipinski definition) is 3. The maximum atomic E-state index is 13.4. The number of piperazine rings is 1. The highest BCUT2D eigenvalue weighted by Crippen LogP contribution is 2.19. The monoisotopic (exact) mass is 416 g/mol. The molecule has 2 N–H and O–H groups in total. The number of Topliss-reactive ketones (excluding diaryl/α,β-unsaturated/α-hetero) is 1. The van der Waals surface area contributed by atoms with Crippen LogP contribution >= 0.6 is 0 Å². The molecular formula is C21H23FN3O3S+. The fourth-order valence-electron chi connectivity index (χ4n) is 3.92. The summed E-state index contributed by atoms with van der Waals surface area (Å²) in [5.41, 5.74) is 1.58. The number of aromatic nitrogens is 1. The lowest BCUT2D eigenvalue weighted by Crippen LogP contribution is -3.18. The molecule has 2 aromatic carbocycles. The van der Waals surface area contributed by atoms with Crippen molar-refractivity contribution < 1.29 is 22.5 Å². The third-order valence-electron chi connectivity index (χ3n) is 5.66. The molecule has 2 heterocycles. The Morgan fingerprint density at radius 3 is 2.59 bits per heavy atom. The molecule has 1 aliphatic heterocycles. The van der Waals surface area contributed by atoms with Crippen molar-refractivity contribution in [3.8, 4) is 0 Å². The highest BCUT2D eigenvalue weighted by Gasteiger charge is 2.35. The molecule has 1 aliphatic rings. The number of carbonyl (C=O) groups is 1. The summed E-state index contributed by atoms with van der Waals surface area (Å²) in [4.78, 5) is 17.2. The number of fused-ring (bicyclic) bond motifs is 1. The molecule has 1 fully saturated rings. The van der Waals surface area contributed by atoms with E-state index in [1.807, 2.05) is 31.2 Å². The lowest BCUT2D eigenvalue weighted by Gasteiger charge is -2.34. The van der Waals surface area contributed by atoms with Crippen molar-refractivity contribution in [2.24, 2.45) is 0 Å². The van der Waals surface area contributed by atoms with Crippen molar-refractivity contribution in [2.45, 2.75) is 17.9 Å². The lowest BCUT2D eigenvalue weighted by atomic mass is 10.0. The van der Waals surface area contributed by atoms with Gasteiger partial charge in [-0.15, -0.1) is 0 Å². The van der Waals surface area contributed by atoms with Crippen LogP contribution in [0.25, 0.3) is 10.9 Å². The Morgan fingerprint density at radius 2 is 1.86 bits per heavy atom. The smallest absolute Gasteiger partial charge is 0.243 e. The van der Waals surface area contributed by atoms with Crippen LogP contribution in [0.5, 0.6) is 0 Å². The van der Waals surface area contributed by atoms with Gasteiger partial charge in [-0.05, 0) is 31.2 Å². The molecule has 0 unspecified atom stereocenters. The van der Waals surface area contributed by atoms with Crippen molar-refractivity contribution >= 4 is 26.7 Å². The van der Waals surface area contributed by atoms with E-state index in [1.165, 1.54) is 22.5 Å². The molecule has 152 valence electrons. The molecule has 0 radical (unpaired) electrons. The average Bonchev–Trinajstić information content (AvgIpc) is 3.17. The predicted molar refractivity (Wildman–Crippen MR) is 108 cm³/mol. The average molecular weight is 416 g/mol. The zero-order valence-corrected chi connectivity index (χ0v) is 16.9. The van der Waals surface area contributed by atoms with Gasteiger partial charge >= 0.3 is 0 Å². The van der Waals surface area contributed by atoms with Gasteiger partial charge in [-0.1, -0.05) is 24.3 Å². The van der Waals surface area contributed by atoms with E-state index in [4.69, 9.17) is 0 Å². The SMILES string of the molecule is C[C@@H](C(=O)c1c[nH]c2ccccc12)[NH+]1CCN(S(=O)(=O)c2cccc(F)c2)CC1. The third-order valence-corrected chi connectivity index (χ3v) is 7.55. The van der Waals surface area contributed by atoms with Gasteiger partial charge in [0, 0.05) is 22.7 Å². The van der Waals surface area contributed by atoms with Crippen molar-refractivity contribution in [3.05, 3.63) is 66.1 Å². The van der Waals surface area contributed by atoms with Gasteiger partial charge in [-0.2, -0.15) is 4.31 Å². The maximum absolute atomic E-state index is 13.4. The summed E-state index contributed by atoms with van der Waals surface area (Å²) < 4.78 is 40.3. The molecule has 1 aromatic heterocycles. The number of H-pyrrole nitrogens is 1. The molecular weight excluding hydrogens is 393 g/mol. The van der Waals surface area contributed by atoms with Crippen LogP contribution in [-0.4, -0.2) is 55.7 Å². The summed E-state index contributed by atoms with van der Waals surface area (Å²) >= 11 is 0. The maximum Gasteiger partial charge on any atom is 0.243 e. The zero-order valence-electron chi connectivity index (χ0n) is 16.1. The van der Waals surface area contributed by atoms with Gasteiger partial charge in [0.2, 0.25) is 15.8 Å². The van der Waals surface area contributed by atoms with Crippen LogP contribution in [0.15, 0.2) is 59.6 Å². The van der Waals surface area contributed by atoms with Crippen LogP contribution in [0.2, 0.25) is 0 Å². The third kappa shape index (κ3) is 3.71. The number of rotatable bonds is 5. The van der Waals surface area contributed by atoms with Gasteiger partial charge in [0.05, 0.1) is 31.1 Å². The van der Waals surface area contributed by atoms with E-state index in [0.717, 1.165) is 21.9 Å². The molecule has 0 spiro atoms. The molecule has 1 saturated heterocycles. The highest BCUT2D eigenvalue weighted by molar-refractivity contribution is 7.89. The Hall–Kier alpha value is -2.55. The number of para-hydroxylation sites is 1. The van der Waals surface area contributed by atoms with Gasteiger partial charge in [0.1, 0.15) is 11.9 Å². The number of quaternary nitrogens is 1. The molecule has 29 heavy (non-hydrogen) atoms. The number of aromatic amines is 1. The molecule has 0 bridgehead atoms. The summed E-state index contributed by atoms with van der Waals surface area (Å²) in [7, 11) is -3.74. The zero-order chi connectivity index (χ0) is 20.6. The summed E-state index contributed by atoms with van der Waals surface area (Å²) in [5, 5.41) is 0.899. The largest absolute Gasteiger partial charge is 0.360 e. The number of halogens is 1. The van der Waals surface area contributed by atoms with Gasteiger partial charge in [-0.3, -0.25) is 4.79 Å². The van der Waals surface area contributed by atoms with Crippen LogP contribution in [0.4, 0.5) is 4.39 Å². The van der Waals surface area contributed by atoms with E-state index in [1.54, 1.807) is 6.20 Å². The molecule has 1 atom stereocenters. The van der Waals surface area contributed by atoms with E-state index < -0.39 is 15.8 Å². The number of ketones is 1. The van der Waals surface area contributed by atoms with E-state index in [9.17, 15) is 17.6 Å². The molecule has 0 amide bonds. The van der Waals surface area contributed by atoms with E-state index in [-0.39, 0.29) is 16.7 Å². The Bertz CT molecular complexity index is 1150. The summed E-state index contributed by atoms with van der Waals surface area (Å²) in [6.45, 7) is 3.50. The van der Waals surface area contributed by atoms with Gasteiger partial charge in [-0.25, -0.2) is 12.8 Å². The van der Waals surface area contributed by atoms with Crippen LogP contribution in [0.1, 0.15) is 17.3 Å². The number of hydrogen-bond donors (Lipinski definition) is 2. The minimum absolute atomic E-state index is 0.0381. The van der Waals surface area contributed by atoms with E-state index >= 15 is 0 Å². The van der Waals surface area contributed by atoms with Gasteiger partial charge in [0.25, 0.3) is 0 Å². The molecule has 6 nitrogen and oxygen atoms in total. The normalized spacial score (nSPS) is 17.4. The number of sulfonamides is 1. The molecule has 0 aliphatic carbocycles. The van der Waals surface area contributed by atoms with Gasteiger partial charge < -0.3 is 9.88 Å². The molecule has 3 aromatic rings. The van der Waals surface area contributed by atoms with Crippen molar-refractivity contribution in [1.82, 2.24) is 9.29 Å². The van der Waals surface area contributed by atoms with Crippen molar-refractivity contribution in [3.63, 3.8) is 0 Å². The van der Waals surface area contributed by atoms with Crippen LogP contribution in [0.3, 0.4) is 0 Å². The Balaban J connectivity index is 1.46. The first-order valence-electron chi connectivity index (χ1n) is 9.58. The fourth-order valence-corrected chi connectivity index (χ4v) is 5.39. The predicted octanol–water partition coefficient (Wildman–Crippen LogP) is 1.47. The second kappa shape index (κ2) is 7.70. The quantitative estimate of drug-likeness (QED) is 0.619. The number of carbonyl (C=O) groups excluding carboxylic acids is 1. The van der Waals surface area contributed by atoms with Crippen LogP contribution < -0.4 is 4.90 Å². The first-order valence-corrected chi connectivity index (χ1v) is 11.0. The number of benzene rings is 2. The van der Waals surface area contributed by atoms with Crippen LogP contribution in [-0.2, 0) is 10.0 Å². The Labute approximate surface area is 169 Å². The van der Waals surface area contributed by atoms with Gasteiger partial charge in [0.15, 0.2) is 0 Å². The fraction of sp³-hybridized carbons (Fsp3) is 0.286. The van der Waals surface area contributed by atoms with E-state index in [0.29, 0.717) is 31.7 Å². The Kier molecular flexibility index (Phi) is 5.24. The topological polar surface area (TPSA) is 74.7 Å². The second-order valence-electron chi connectivity index (χ2n) is 7.35. The number of nitrogens with one attached hydrogen (secondary N) is 2. The Morgan fingerprint density at radius 1 is 1.14 bits per heavy atom. The molecule has 0 saturated carbocycles. The first kappa shape index (κ1) is 19.8. The standard InChI is InChI=1S/C21H22FN3O3S/c1-15(21(26)19-14-23-20-8-3-2-7-18(19)20)24-9-11-25(12-10-24)29(27,28)17-6-4-5-16(22)13-17/h2-8,13-15,23H,9-12H2,1H3/p+1/t15-/m0/s1. The van der Waals surface area contributed by atoms with Crippen molar-refractivity contribution in [1.29, 1.82) is 0 Å². The van der Waals surface area contributed by atoms with Crippen LogP contribution in [0, 0.1) is 5.82 Å². The molecule has 8 heteroatoms. The number of nitrogens with zero attached hydrogens (tertiary/aromatic N) is 1. The first-order chi connectivity index (χ1) is 13.9. The lowest BCUT2D eigenvalue weighted by molar-refractivity contribution is -0.917. The van der Waals surface area contributed by atoms with E-state index in [2.05, 4.69) is 4.98 Å². The summed E-state index contributed by atoms with van der Waals surface area (Å²) in [6.07, 6.45) is 1.74. The highest BCUT2D eigenvalue weighted by atomic mass is 32.2. The second-order valence-corrected chi connectivity index (χ2v) is 9.29. The summed E-state index contributed by atoms with van der Waals surface area (Å²) in [6, 6.07) is 12.4. The molecule has 4 rings (SSSR count). The minimum atomic E-state index is -3.74. The minimum Gasteiger partial charge on any atom is -0.360 e. The van der Waals surface area contributed by atoms with Crippen molar-refractivity contribution in [2.75, 3.05) is 26.2 Å².